The van der Waals surface area contributed by atoms with Crippen molar-refractivity contribution in [2.24, 2.45) is 0 Å². The number of nitrogens with zero attached hydrogens (tertiary/aromatic N) is 1. The van der Waals surface area contributed by atoms with Crippen LogP contribution in [0.15, 0.2) is 40.9 Å². The Hall–Kier alpha value is -2.30. The molecule has 0 spiro atoms. The summed E-state index contributed by atoms with van der Waals surface area (Å²) in [5.74, 6) is 0.809. The quantitative estimate of drug-likeness (QED) is 0.330. The molecule has 0 radical (unpaired) electrons. The number of hydrogen-bond acceptors (Lipinski definition) is 7. The van der Waals surface area contributed by atoms with Crippen LogP contribution in [0.3, 0.4) is 0 Å². The number of benzene rings is 2. The number of nitro groups is 1. The van der Waals surface area contributed by atoms with Crippen molar-refractivity contribution in [2.75, 3.05) is 19.1 Å². The third-order valence-electron chi connectivity index (χ3n) is 4.35. The van der Waals surface area contributed by atoms with Gasteiger partial charge in [0.05, 0.1) is 12.0 Å². The Balaban J connectivity index is 2.20. The number of non-ortho nitro benzene ring substituents is 1. The molecule has 0 aromatic heterocycles. The molecule has 0 aliphatic heterocycles. The van der Waals surface area contributed by atoms with Gasteiger partial charge in [-0.3, -0.25) is 14.9 Å². The third kappa shape index (κ3) is 6.61. The Morgan fingerprint density at radius 1 is 1.30 bits per heavy atom. The molecule has 0 fully saturated rings. The molecule has 0 heterocycles. The number of aliphatic carboxylic acids is 1. The fraction of sp³-hybridized carbons (Fsp3) is 0.350. The van der Waals surface area contributed by atoms with E-state index in [1.54, 1.807) is 30.0 Å². The molecule has 2 aromatic rings. The Labute approximate surface area is 187 Å². The van der Waals surface area contributed by atoms with Crippen molar-refractivity contribution >= 4 is 39.3 Å². The number of methoxy groups -OCH3 is 1. The van der Waals surface area contributed by atoms with Crippen LogP contribution >= 0.6 is 27.7 Å². The second-order valence-electron chi connectivity index (χ2n) is 6.32. The molecule has 2 rings (SSSR count). The lowest BCUT2D eigenvalue weighted by Gasteiger charge is -2.19. The smallest absolute Gasteiger partial charge is 0.320 e. The number of ether oxygens (including phenoxy) is 2. The van der Waals surface area contributed by atoms with E-state index in [1.807, 2.05) is 12.3 Å². The minimum Gasteiger partial charge on any atom is -0.493 e. The van der Waals surface area contributed by atoms with Crippen LogP contribution < -0.4 is 14.8 Å². The van der Waals surface area contributed by atoms with Gasteiger partial charge in [0.25, 0.3) is 5.69 Å². The Kier molecular flexibility index (Phi) is 9.41. The second kappa shape index (κ2) is 11.8. The summed E-state index contributed by atoms with van der Waals surface area (Å²) >= 11 is 5.09. The van der Waals surface area contributed by atoms with E-state index < -0.39 is 16.9 Å². The number of thioether (sulfide) groups is 1. The third-order valence-corrected chi connectivity index (χ3v) is 5.74. The van der Waals surface area contributed by atoms with Gasteiger partial charge in [0.2, 0.25) is 0 Å². The van der Waals surface area contributed by atoms with E-state index in [1.165, 1.54) is 19.2 Å². The first-order chi connectivity index (χ1) is 14.4. The lowest BCUT2D eigenvalue weighted by Crippen LogP contribution is -2.36. The van der Waals surface area contributed by atoms with Crippen molar-refractivity contribution in [1.82, 2.24) is 5.32 Å². The molecule has 162 valence electrons. The van der Waals surface area contributed by atoms with Gasteiger partial charge in [-0.2, -0.15) is 11.8 Å². The van der Waals surface area contributed by atoms with Crippen LogP contribution in [-0.4, -0.2) is 41.2 Å². The first-order valence-corrected chi connectivity index (χ1v) is 11.2. The molecule has 1 atom stereocenters. The highest BCUT2D eigenvalue weighted by atomic mass is 79.9. The van der Waals surface area contributed by atoms with E-state index in [0.29, 0.717) is 17.9 Å². The van der Waals surface area contributed by atoms with Gasteiger partial charge >= 0.3 is 5.97 Å². The van der Waals surface area contributed by atoms with Crippen LogP contribution in [0.5, 0.6) is 11.5 Å². The van der Waals surface area contributed by atoms with Gasteiger partial charge in [-0.25, -0.2) is 0 Å². The summed E-state index contributed by atoms with van der Waals surface area (Å²) in [6.07, 6.45) is 2.43. The maximum Gasteiger partial charge on any atom is 0.320 e. The number of nitro benzene ring substituents is 1. The number of carboxylic acids is 1. The number of rotatable bonds is 12. The Morgan fingerprint density at radius 2 is 2.00 bits per heavy atom. The largest absolute Gasteiger partial charge is 0.493 e. The average molecular weight is 499 g/mol. The number of carboxylic acid groups (broad SMARTS) is 1. The molecule has 2 N–H and O–H groups in total. The van der Waals surface area contributed by atoms with Crippen LogP contribution in [0, 0.1) is 10.1 Å². The zero-order chi connectivity index (χ0) is 22.1. The molecule has 2 aromatic carbocycles. The van der Waals surface area contributed by atoms with E-state index in [-0.39, 0.29) is 18.8 Å². The zero-order valence-corrected chi connectivity index (χ0v) is 19.0. The summed E-state index contributed by atoms with van der Waals surface area (Å²) in [5, 5.41) is 23.3. The summed E-state index contributed by atoms with van der Waals surface area (Å²) in [7, 11) is 1.53. The minimum absolute atomic E-state index is 0.00799. The van der Waals surface area contributed by atoms with Crippen molar-refractivity contribution in [3.63, 3.8) is 0 Å². The van der Waals surface area contributed by atoms with Crippen molar-refractivity contribution in [3.05, 3.63) is 62.1 Å². The van der Waals surface area contributed by atoms with Crippen molar-refractivity contribution < 1.29 is 24.3 Å². The highest BCUT2D eigenvalue weighted by molar-refractivity contribution is 9.10. The Morgan fingerprint density at radius 3 is 2.57 bits per heavy atom. The van der Waals surface area contributed by atoms with Gasteiger partial charge in [-0.15, -0.1) is 0 Å². The monoisotopic (exact) mass is 498 g/mol. The van der Waals surface area contributed by atoms with Crippen molar-refractivity contribution in [2.45, 2.75) is 25.6 Å². The van der Waals surface area contributed by atoms with E-state index in [4.69, 9.17) is 9.47 Å². The van der Waals surface area contributed by atoms with Gasteiger partial charge in [-0.1, -0.05) is 15.9 Å². The summed E-state index contributed by atoms with van der Waals surface area (Å²) < 4.78 is 12.2. The van der Waals surface area contributed by atoms with E-state index in [0.717, 1.165) is 21.4 Å². The minimum atomic E-state index is -0.906. The van der Waals surface area contributed by atoms with Crippen LogP contribution in [0.4, 0.5) is 5.69 Å². The van der Waals surface area contributed by atoms with Crippen LogP contribution in [-0.2, 0) is 17.9 Å². The molecule has 0 aliphatic rings. The highest BCUT2D eigenvalue weighted by Gasteiger charge is 2.20. The van der Waals surface area contributed by atoms with Crippen LogP contribution in [0.2, 0.25) is 0 Å². The normalized spacial score (nSPS) is 11.7. The summed E-state index contributed by atoms with van der Waals surface area (Å²) in [6, 6.07) is 8.98. The van der Waals surface area contributed by atoms with Crippen molar-refractivity contribution in [1.29, 1.82) is 0 Å². The summed E-state index contributed by atoms with van der Waals surface area (Å²) in [5.41, 5.74) is 1.49. The van der Waals surface area contributed by atoms with Gasteiger partial charge < -0.3 is 19.9 Å². The molecule has 1 unspecified atom stereocenters. The standard InChI is InChI=1S/C20H23BrN2O6S/c1-28-18-8-7-16(21)15(11-22-17(20(24)25)9-10-30-2)19(18)29-12-13-3-5-14(6-4-13)23(26)27/h3-8,17,22H,9-12H2,1-2H3,(H,24,25). The number of halogens is 1. The van der Waals surface area contributed by atoms with Crippen LogP contribution in [0.25, 0.3) is 0 Å². The van der Waals surface area contributed by atoms with Gasteiger partial charge in [0, 0.05) is 28.7 Å². The maximum absolute atomic E-state index is 11.5. The molecular formula is C20H23BrN2O6S. The first-order valence-electron chi connectivity index (χ1n) is 9.04. The van der Waals surface area contributed by atoms with Gasteiger partial charge in [0.15, 0.2) is 11.5 Å². The molecule has 0 saturated heterocycles. The SMILES string of the molecule is COc1ccc(Br)c(CNC(CCSC)C(=O)O)c1OCc1ccc([N+](=O)[O-])cc1. The molecule has 0 bridgehead atoms. The fourth-order valence-corrected chi connectivity index (χ4v) is 3.63. The Bertz CT molecular complexity index is 878. The highest BCUT2D eigenvalue weighted by Crippen LogP contribution is 2.37. The average Bonchev–Trinajstić information content (AvgIpc) is 2.73. The van der Waals surface area contributed by atoms with Crippen molar-refractivity contribution in [3.8, 4) is 11.5 Å². The second-order valence-corrected chi connectivity index (χ2v) is 8.16. The summed E-state index contributed by atoms with van der Waals surface area (Å²) in [4.78, 5) is 21.9. The number of carbonyl (C=O) groups is 1. The summed E-state index contributed by atoms with van der Waals surface area (Å²) in [6.45, 7) is 0.436. The lowest BCUT2D eigenvalue weighted by atomic mass is 10.1. The van der Waals surface area contributed by atoms with Gasteiger partial charge in [-0.05, 0) is 48.3 Å². The molecule has 0 amide bonds. The topological polar surface area (TPSA) is 111 Å². The zero-order valence-electron chi connectivity index (χ0n) is 16.6. The van der Waals surface area contributed by atoms with E-state index in [2.05, 4.69) is 21.2 Å². The molecular weight excluding hydrogens is 476 g/mol. The predicted molar refractivity (Wildman–Crippen MR) is 119 cm³/mol. The fourth-order valence-electron chi connectivity index (χ4n) is 2.71. The number of nitrogens with one attached hydrogen (secondary N) is 1. The van der Waals surface area contributed by atoms with Crippen LogP contribution in [0.1, 0.15) is 17.5 Å². The molecule has 8 nitrogen and oxygen atoms in total. The molecule has 10 heteroatoms. The maximum atomic E-state index is 11.5. The van der Waals surface area contributed by atoms with E-state index in [9.17, 15) is 20.0 Å². The number of hydrogen-bond donors (Lipinski definition) is 2. The lowest BCUT2D eigenvalue weighted by molar-refractivity contribution is -0.384. The van der Waals surface area contributed by atoms with E-state index >= 15 is 0 Å². The molecule has 0 aliphatic carbocycles. The first kappa shape index (κ1) is 24.0. The molecule has 0 saturated carbocycles. The predicted octanol–water partition coefficient (Wildman–Crippen LogP) is 4.24. The van der Waals surface area contributed by atoms with Gasteiger partial charge in [0.1, 0.15) is 12.6 Å². The molecule has 30 heavy (non-hydrogen) atoms.